The molecule has 2 atom stereocenters. The smallest absolute Gasteiger partial charge is 0.418 e. The van der Waals surface area contributed by atoms with Gasteiger partial charge >= 0.3 is 11.9 Å². The third-order valence-electron chi connectivity index (χ3n) is 6.07. The van der Waals surface area contributed by atoms with Gasteiger partial charge < -0.3 is 19.5 Å². The van der Waals surface area contributed by atoms with Gasteiger partial charge in [-0.15, -0.1) is 0 Å². The zero-order chi connectivity index (χ0) is 22.4. The van der Waals surface area contributed by atoms with E-state index in [1.54, 1.807) is 7.11 Å². The Bertz CT molecular complexity index is 926. The Kier molecular flexibility index (Phi) is 7.33. The van der Waals surface area contributed by atoms with Crippen LogP contribution in [0.4, 0.5) is 0 Å². The number of aryl methyl sites for hydroxylation is 1. The van der Waals surface area contributed by atoms with Gasteiger partial charge in [-0.2, -0.15) is 0 Å². The van der Waals surface area contributed by atoms with Crippen LogP contribution in [-0.4, -0.2) is 49.7 Å². The second kappa shape index (κ2) is 9.96. The Hall–Kier alpha value is -2.86. The number of nitrogens with zero attached hydrogens (tertiary/aromatic N) is 1. The van der Waals surface area contributed by atoms with Gasteiger partial charge in [0, 0.05) is 5.92 Å². The van der Waals surface area contributed by atoms with Crippen molar-refractivity contribution >= 4 is 11.9 Å². The number of aliphatic carboxylic acids is 1. The molecule has 1 aliphatic rings. The lowest BCUT2D eigenvalue weighted by atomic mass is 9.72. The molecular formula is C25H31NO5. The minimum atomic E-state index is -1.57. The van der Waals surface area contributed by atoms with Crippen molar-refractivity contribution in [2.45, 2.75) is 43.6 Å². The maximum atomic E-state index is 12.5. The van der Waals surface area contributed by atoms with Crippen LogP contribution in [0.25, 0.3) is 0 Å². The summed E-state index contributed by atoms with van der Waals surface area (Å²) in [5.41, 5.74) is 1.94. The zero-order valence-corrected chi connectivity index (χ0v) is 18.5. The topological polar surface area (TPSA) is 76.1 Å². The first-order chi connectivity index (χ1) is 14.9. The predicted octanol–water partition coefficient (Wildman–Crippen LogP) is 3.98. The van der Waals surface area contributed by atoms with Gasteiger partial charge in [0.25, 0.3) is 0 Å². The average molecular weight is 426 g/mol. The standard InChI is InChI=1S/C25H31NO5/c1-26(2)16-8-15-25(31-24(29)23(27)28)21-13-5-4-9-18(21)10-7-14-22(25)19-11-6-12-20(17-19)30-3/h4-6,9,11-13,17,22H,7-8,10,14-16H2,1-3H3,(H,27,28)/t22-,25+/m1/s1. The van der Waals surface area contributed by atoms with E-state index in [1.165, 1.54) is 0 Å². The number of carboxylic acid groups (broad SMARTS) is 1. The van der Waals surface area contributed by atoms with E-state index >= 15 is 0 Å². The summed E-state index contributed by atoms with van der Waals surface area (Å²) in [5.74, 6) is -2.24. The summed E-state index contributed by atoms with van der Waals surface area (Å²) in [6, 6.07) is 15.7. The van der Waals surface area contributed by atoms with Gasteiger partial charge in [0.1, 0.15) is 11.4 Å². The highest BCUT2D eigenvalue weighted by atomic mass is 16.6. The van der Waals surface area contributed by atoms with Crippen molar-refractivity contribution in [3.63, 3.8) is 0 Å². The van der Waals surface area contributed by atoms with E-state index in [1.807, 2.05) is 56.6 Å². The average Bonchev–Trinajstić information content (AvgIpc) is 2.91. The molecule has 1 aliphatic carbocycles. The van der Waals surface area contributed by atoms with Crippen molar-refractivity contribution in [2.75, 3.05) is 27.7 Å². The number of esters is 1. The molecule has 0 unspecified atom stereocenters. The van der Waals surface area contributed by atoms with Crippen LogP contribution in [0.1, 0.15) is 48.3 Å². The van der Waals surface area contributed by atoms with E-state index in [-0.39, 0.29) is 5.92 Å². The summed E-state index contributed by atoms with van der Waals surface area (Å²) in [7, 11) is 5.61. The molecule has 0 fully saturated rings. The molecule has 31 heavy (non-hydrogen) atoms. The van der Waals surface area contributed by atoms with Gasteiger partial charge in [0.05, 0.1) is 7.11 Å². The molecule has 0 bridgehead atoms. The fraction of sp³-hybridized carbons (Fsp3) is 0.440. The SMILES string of the molecule is COc1cccc([C@H]2CCCc3ccccc3[C@]2(CCCN(C)C)OC(=O)C(=O)O)c1. The van der Waals surface area contributed by atoms with E-state index in [2.05, 4.69) is 11.0 Å². The van der Waals surface area contributed by atoms with E-state index in [0.29, 0.717) is 6.42 Å². The molecule has 6 nitrogen and oxygen atoms in total. The zero-order valence-electron chi connectivity index (χ0n) is 18.5. The van der Waals surface area contributed by atoms with E-state index in [9.17, 15) is 14.7 Å². The van der Waals surface area contributed by atoms with Crippen molar-refractivity contribution in [3.05, 3.63) is 65.2 Å². The minimum absolute atomic E-state index is 0.184. The molecule has 1 N–H and O–H groups in total. The van der Waals surface area contributed by atoms with Crippen LogP contribution in [0.15, 0.2) is 48.5 Å². The maximum absolute atomic E-state index is 12.5. The quantitative estimate of drug-likeness (QED) is 0.411. The molecular weight excluding hydrogens is 394 g/mol. The lowest BCUT2D eigenvalue weighted by molar-refractivity contribution is -0.179. The first kappa shape index (κ1) is 22.8. The summed E-state index contributed by atoms with van der Waals surface area (Å²) in [6.07, 6.45) is 3.84. The molecule has 0 aromatic heterocycles. The number of carbonyl (C=O) groups excluding carboxylic acids is 1. The molecule has 0 saturated carbocycles. The molecule has 3 rings (SSSR count). The van der Waals surface area contributed by atoms with Gasteiger partial charge in [-0.1, -0.05) is 36.4 Å². The van der Waals surface area contributed by atoms with Crippen molar-refractivity contribution < 1.29 is 24.2 Å². The van der Waals surface area contributed by atoms with Crippen LogP contribution in [0.5, 0.6) is 5.75 Å². The normalized spacial score (nSPS) is 20.6. The van der Waals surface area contributed by atoms with E-state index < -0.39 is 17.5 Å². The monoisotopic (exact) mass is 425 g/mol. The molecule has 2 aromatic rings. The van der Waals surface area contributed by atoms with Crippen LogP contribution in [0.2, 0.25) is 0 Å². The van der Waals surface area contributed by atoms with Crippen molar-refractivity contribution in [1.82, 2.24) is 4.90 Å². The number of methoxy groups -OCH3 is 1. The first-order valence-corrected chi connectivity index (χ1v) is 10.7. The Morgan fingerprint density at radius 2 is 1.94 bits per heavy atom. The lowest BCUT2D eigenvalue weighted by Crippen LogP contribution is -2.41. The number of rotatable bonds is 7. The number of carbonyl (C=O) groups is 2. The third-order valence-corrected chi connectivity index (χ3v) is 6.07. The molecule has 0 amide bonds. The molecule has 0 heterocycles. The fourth-order valence-electron chi connectivity index (χ4n) is 4.72. The number of hydrogen-bond donors (Lipinski definition) is 1. The summed E-state index contributed by atoms with van der Waals surface area (Å²) in [5, 5.41) is 9.40. The van der Waals surface area contributed by atoms with Gasteiger partial charge in [-0.05, 0) is 81.6 Å². The largest absolute Gasteiger partial charge is 0.497 e. The Labute approximate surface area is 183 Å². The maximum Gasteiger partial charge on any atom is 0.418 e. The number of ether oxygens (including phenoxy) is 2. The summed E-state index contributed by atoms with van der Waals surface area (Å²) in [6.45, 7) is 0.805. The summed E-state index contributed by atoms with van der Waals surface area (Å²) >= 11 is 0. The van der Waals surface area contributed by atoms with Gasteiger partial charge in [-0.25, -0.2) is 9.59 Å². The molecule has 2 aromatic carbocycles. The summed E-state index contributed by atoms with van der Waals surface area (Å²) in [4.78, 5) is 26.1. The number of hydrogen-bond acceptors (Lipinski definition) is 5. The molecule has 0 spiro atoms. The van der Waals surface area contributed by atoms with Gasteiger partial charge in [-0.3, -0.25) is 0 Å². The Balaban J connectivity index is 2.19. The van der Waals surface area contributed by atoms with Crippen LogP contribution in [0.3, 0.4) is 0 Å². The summed E-state index contributed by atoms with van der Waals surface area (Å²) < 4.78 is 11.4. The van der Waals surface area contributed by atoms with Crippen molar-refractivity contribution in [1.29, 1.82) is 0 Å². The van der Waals surface area contributed by atoms with Gasteiger partial charge in [0.2, 0.25) is 0 Å². The van der Waals surface area contributed by atoms with Crippen molar-refractivity contribution in [2.24, 2.45) is 0 Å². The fourth-order valence-corrected chi connectivity index (χ4v) is 4.72. The predicted molar refractivity (Wildman–Crippen MR) is 118 cm³/mol. The first-order valence-electron chi connectivity index (χ1n) is 10.7. The third kappa shape index (κ3) is 5.07. The highest BCUT2D eigenvalue weighted by molar-refractivity contribution is 6.28. The highest BCUT2D eigenvalue weighted by Gasteiger charge is 2.47. The van der Waals surface area contributed by atoms with Crippen LogP contribution < -0.4 is 4.74 Å². The van der Waals surface area contributed by atoms with Gasteiger partial charge in [0.15, 0.2) is 0 Å². The molecule has 6 heteroatoms. The van der Waals surface area contributed by atoms with Crippen LogP contribution >= 0.6 is 0 Å². The van der Waals surface area contributed by atoms with E-state index in [4.69, 9.17) is 9.47 Å². The second-order valence-corrected chi connectivity index (χ2v) is 8.37. The number of benzene rings is 2. The van der Waals surface area contributed by atoms with Crippen LogP contribution in [-0.2, 0) is 26.3 Å². The highest BCUT2D eigenvalue weighted by Crippen LogP contribution is 2.50. The minimum Gasteiger partial charge on any atom is -0.497 e. The lowest BCUT2D eigenvalue weighted by Gasteiger charge is -2.41. The van der Waals surface area contributed by atoms with E-state index in [0.717, 1.165) is 54.7 Å². The molecule has 0 aliphatic heterocycles. The Morgan fingerprint density at radius 3 is 2.65 bits per heavy atom. The molecule has 0 radical (unpaired) electrons. The number of fused-ring (bicyclic) bond motifs is 1. The number of carboxylic acids is 1. The second-order valence-electron chi connectivity index (χ2n) is 8.37. The van der Waals surface area contributed by atoms with Crippen molar-refractivity contribution in [3.8, 4) is 5.75 Å². The van der Waals surface area contributed by atoms with Crippen LogP contribution in [0, 0.1) is 0 Å². The molecule has 0 saturated heterocycles. The Morgan fingerprint density at radius 1 is 1.16 bits per heavy atom. The molecule has 166 valence electrons.